The molecule has 0 N–H and O–H groups in total. The minimum Gasteiger partial charge on any atom is -0.378 e. The van der Waals surface area contributed by atoms with Crippen molar-refractivity contribution >= 4 is 22.1 Å². The second-order valence-electron chi connectivity index (χ2n) is 6.03. The molecule has 0 bridgehead atoms. The highest BCUT2D eigenvalue weighted by atomic mass is 32.2. The third-order valence-electron chi connectivity index (χ3n) is 4.38. The van der Waals surface area contributed by atoms with Crippen LogP contribution in [0.2, 0.25) is 0 Å². The molecule has 0 radical (unpaired) electrons. The van der Waals surface area contributed by atoms with Gasteiger partial charge in [0.15, 0.2) is 0 Å². The van der Waals surface area contributed by atoms with Gasteiger partial charge in [0, 0.05) is 44.7 Å². The van der Waals surface area contributed by atoms with Crippen LogP contribution in [-0.2, 0) is 14.8 Å². The maximum absolute atomic E-state index is 12.4. The van der Waals surface area contributed by atoms with Crippen LogP contribution >= 0.6 is 0 Å². The molecule has 8 heteroatoms. The van der Waals surface area contributed by atoms with Crippen molar-refractivity contribution in [3.8, 4) is 0 Å². The number of carbonyl (C=O) groups is 1. The Hall–Kier alpha value is -1.90. The molecule has 2 saturated heterocycles. The minimum atomic E-state index is -3.47. The van der Waals surface area contributed by atoms with Crippen molar-refractivity contribution in [3.05, 3.63) is 41.3 Å². The van der Waals surface area contributed by atoms with Gasteiger partial charge in [-0.15, -0.1) is 0 Å². The zero-order valence-electron chi connectivity index (χ0n) is 14.1. The first-order chi connectivity index (χ1) is 12.1. The summed E-state index contributed by atoms with van der Waals surface area (Å²) in [5.74, 6) is 0. The highest BCUT2D eigenvalue weighted by Crippen LogP contribution is 2.13. The number of urea groups is 1. The number of hydrogen-bond donors (Lipinski definition) is 0. The van der Waals surface area contributed by atoms with E-state index < -0.39 is 10.0 Å². The zero-order chi connectivity index (χ0) is 17.7. The molecule has 0 aromatic heterocycles. The monoisotopic (exact) mass is 365 g/mol. The van der Waals surface area contributed by atoms with Crippen LogP contribution in [-0.4, -0.2) is 81.0 Å². The number of carbonyl (C=O) groups excluding carboxylic acids is 1. The molecule has 1 aromatic rings. The molecule has 0 unspecified atom stereocenters. The molecule has 2 fully saturated rings. The summed E-state index contributed by atoms with van der Waals surface area (Å²) < 4.78 is 31.6. The molecule has 136 valence electrons. The molecular formula is C17H23N3O4S. The summed E-state index contributed by atoms with van der Waals surface area (Å²) >= 11 is 0. The SMILES string of the molecule is O=C(N1CCOCC1)N1CCN(S(=O)(=O)/C=C/c2ccccc2)CC1. The molecule has 0 atom stereocenters. The molecule has 2 aliphatic rings. The fraction of sp³-hybridized carbons (Fsp3) is 0.471. The van der Waals surface area contributed by atoms with Crippen molar-refractivity contribution in [2.45, 2.75) is 0 Å². The predicted molar refractivity (Wildman–Crippen MR) is 95.3 cm³/mol. The maximum atomic E-state index is 12.4. The first kappa shape index (κ1) is 17.9. The average Bonchev–Trinajstić information content (AvgIpc) is 2.67. The van der Waals surface area contributed by atoms with Crippen LogP contribution in [0.3, 0.4) is 0 Å². The van der Waals surface area contributed by atoms with Gasteiger partial charge in [0.25, 0.3) is 0 Å². The summed E-state index contributed by atoms with van der Waals surface area (Å²) in [6, 6.07) is 9.29. The Balaban J connectivity index is 1.56. The van der Waals surface area contributed by atoms with Crippen LogP contribution in [0.1, 0.15) is 5.56 Å². The fourth-order valence-corrected chi connectivity index (χ4v) is 4.08. The Morgan fingerprint density at radius 3 is 2.16 bits per heavy atom. The first-order valence-electron chi connectivity index (χ1n) is 8.41. The van der Waals surface area contributed by atoms with Crippen molar-refractivity contribution in [1.29, 1.82) is 0 Å². The number of nitrogens with zero attached hydrogens (tertiary/aromatic N) is 3. The van der Waals surface area contributed by atoms with Crippen LogP contribution in [0, 0.1) is 0 Å². The lowest BCUT2D eigenvalue weighted by Crippen LogP contribution is -2.55. The van der Waals surface area contributed by atoms with E-state index in [4.69, 9.17) is 4.74 Å². The molecule has 2 aliphatic heterocycles. The van der Waals surface area contributed by atoms with E-state index in [1.807, 2.05) is 30.3 Å². The Bertz CT molecular complexity index is 707. The summed E-state index contributed by atoms with van der Waals surface area (Å²) in [6.45, 7) is 3.77. The van der Waals surface area contributed by atoms with Gasteiger partial charge in [-0.1, -0.05) is 30.3 Å². The molecule has 2 heterocycles. The zero-order valence-corrected chi connectivity index (χ0v) is 14.9. The van der Waals surface area contributed by atoms with E-state index in [1.54, 1.807) is 15.9 Å². The summed E-state index contributed by atoms with van der Waals surface area (Å²) in [7, 11) is -3.47. The van der Waals surface area contributed by atoms with E-state index in [0.717, 1.165) is 5.56 Å². The third-order valence-corrected chi connectivity index (χ3v) is 5.95. The van der Waals surface area contributed by atoms with Gasteiger partial charge in [0.2, 0.25) is 10.0 Å². The van der Waals surface area contributed by atoms with Gasteiger partial charge in [0.1, 0.15) is 0 Å². The van der Waals surface area contributed by atoms with Crippen LogP contribution in [0.25, 0.3) is 6.08 Å². The lowest BCUT2D eigenvalue weighted by molar-refractivity contribution is 0.0405. The van der Waals surface area contributed by atoms with Crippen molar-refractivity contribution in [3.63, 3.8) is 0 Å². The topological polar surface area (TPSA) is 70.2 Å². The van der Waals surface area contributed by atoms with Crippen LogP contribution in [0.5, 0.6) is 0 Å². The molecule has 7 nitrogen and oxygen atoms in total. The summed E-state index contributed by atoms with van der Waals surface area (Å²) in [5.41, 5.74) is 0.840. The van der Waals surface area contributed by atoms with Crippen LogP contribution in [0.15, 0.2) is 35.7 Å². The van der Waals surface area contributed by atoms with E-state index >= 15 is 0 Å². The first-order valence-corrected chi connectivity index (χ1v) is 9.91. The predicted octanol–water partition coefficient (Wildman–Crippen LogP) is 1.06. The molecular weight excluding hydrogens is 342 g/mol. The lowest BCUT2D eigenvalue weighted by Gasteiger charge is -2.37. The minimum absolute atomic E-state index is 0.0276. The third kappa shape index (κ3) is 4.59. The molecule has 25 heavy (non-hydrogen) atoms. The van der Waals surface area contributed by atoms with Crippen molar-refractivity contribution in [2.24, 2.45) is 0 Å². The number of piperazine rings is 1. The number of rotatable bonds is 3. The average molecular weight is 365 g/mol. The number of hydrogen-bond acceptors (Lipinski definition) is 4. The number of sulfonamides is 1. The van der Waals surface area contributed by atoms with E-state index in [9.17, 15) is 13.2 Å². The van der Waals surface area contributed by atoms with Gasteiger partial charge in [0.05, 0.1) is 13.2 Å². The second kappa shape index (κ2) is 7.99. The van der Waals surface area contributed by atoms with Gasteiger partial charge >= 0.3 is 6.03 Å². The summed E-state index contributed by atoms with van der Waals surface area (Å²) in [4.78, 5) is 15.9. The van der Waals surface area contributed by atoms with Crippen molar-refractivity contribution in [2.75, 3.05) is 52.5 Å². The maximum Gasteiger partial charge on any atom is 0.320 e. The van der Waals surface area contributed by atoms with Crippen molar-refractivity contribution < 1.29 is 17.9 Å². The largest absolute Gasteiger partial charge is 0.378 e. The van der Waals surface area contributed by atoms with Gasteiger partial charge < -0.3 is 14.5 Å². The van der Waals surface area contributed by atoms with E-state index in [-0.39, 0.29) is 6.03 Å². The van der Waals surface area contributed by atoms with Crippen molar-refractivity contribution in [1.82, 2.24) is 14.1 Å². The van der Waals surface area contributed by atoms with E-state index in [1.165, 1.54) is 9.71 Å². The summed E-state index contributed by atoms with van der Waals surface area (Å²) in [5, 5.41) is 1.24. The number of amides is 2. The molecule has 0 spiro atoms. The Morgan fingerprint density at radius 2 is 1.52 bits per heavy atom. The number of benzene rings is 1. The second-order valence-corrected chi connectivity index (χ2v) is 7.84. The normalized spacial score (nSPS) is 20.2. The molecule has 2 amide bonds. The van der Waals surface area contributed by atoms with Gasteiger partial charge in [-0.3, -0.25) is 0 Å². The molecule has 3 rings (SSSR count). The summed E-state index contributed by atoms with van der Waals surface area (Å²) in [6.07, 6.45) is 1.60. The van der Waals surface area contributed by atoms with E-state index in [2.05, 4.69) is 0 Å². The van der Waals surface area contributed by atoms with Gasteiger partial charge in [-0.2, -0.15) is 4.31 Å². The fourth-order valence-electron chi connectivity index (χ4n) is 2.90. The Kier molecular flexibility index (Phi) is 5.72. The van der Waals surface area contributed by atoms with Gasteiger partial charge in [-0.25, -0.2) is 13.2 Å². The smallest absolute Gasteiger partial charge is 0.320 e. The lowest BCUT2D eigenvalue weighted by atomic mass is 10.2. The molecule has 1 aromatic carbocycles. The van der Waals surface area contributed by atoms with Gasteiger partial charge in [-0.05, 0) is 11.6 Å². The Morgan fingerprint density at radius 1 is 0.920 bits per heavy atom. The highest BCUT2D eigenvalue weighted by molar-refractivity contribution is 7.92. The quantitative estimate of drug-likeness (QED) is 0.803. The van der Waals surface area contributed by atoms with E-state index in [0.29, 0.717) is 52.5 Å². The van der Waals surface area contributed by atoms with Crippen LogP contribution in [0.4, 0.5) is 4.79 Å². The molecule has 0 saturated carbocycles. The van der Waals surface area contributed by atoms with Crippen LogP contribution < -0.4 is 0 Å². The number of morpholine rings is 1. The highest BCUT2D eigenvalue weighted by Gasteiger charge is 2.30. The number of ether oxygens (including phenoxy) is 1. The molecule has 0 aliphatic carbocycles. The standard InChI is InChI=1S/C17H23N3O4S/c21-17(19-11-13-24-14-12-19)18-7-9-20(10-8-18)25(22,23)15-6-16-4-2-1-3-5-16/h1-6,15H,7-14H2/b15-6+. The Labute approximate surface area is 148 Å².